The number of aryl methyl sites for hydroxylation is 1. The molecule has 0 unspecified atom stereocenters. The normalized spacial score (nSPS) is 11.2. The molecule has 1 aromatic rings. The van der Waals surface area contributed by atoms with E-state index in [1.54, 1.807) is 0 Å². The van der Waals surface area contributed by atoms with Crippen LogP contribution in [0.15, 0.2) is 0 Å². The fraction of sp³-hybridized carbons (Fsp3) is 0.700. The smallest absolute Gasteiger partial charge is 0.0929 e. The summed E-state index contributed by atoms with van der Waals surface area (Å²) in [4.78, 5) is 6.02. The summed E-state index contributed by atoms with van der Waals surface area (Å²) in [6.45, 7) is 7.51. The van der Waals surface area contributed by atoms with E-state index < -0.39 is 0 Å². The predicted octanol–water partition coefficient (Wildman–Crippen LogP) is 2.55. The van der Waals surface area contributed by atoms with Gasteiger partial charge in [0.2, 0.25) is 0 Å². The Morgan fingerprint density at radius 2 is 2.15 bits per heavy atom. The summed E-state index contributed by atoms with van der Waals surface area (Å²) in [5.74, 6) is 0.542. The molecule has 0 amide bonds. The van der Waals surface area contributed by atoms with Crippen LogP contribution in [-0.4, -0.2) is 12.0 Å². The van der Waals surface area contributed by atoms with Crippen LogP contribution in [0.5, 0.6) is 0 Å². The van der Waals surface area contributed by atoms with Crippen LogP contribution in [0.1, 0.15) is 42.3 Å². The summed E-state index contributed by atoms with van der Waals surface area (Å²) in [5, 5.41) is 4.45. The third-order valence-electron chi connectivity index (χ3n) is 1.96. The van der Waals surface area contributed by atoms with Crippen LogP contribution in [0, 0.1) is 0 Å². The first-order valence-electron chi connectivity index (χ1n) is 4.82. The molecule has 2 nitrogen and oxygen atoms in total. The van der Waals surface area contributed by atoms with Gasteiger partial charge < -0.3 is 5.32 Å². The Bertz CT molecular complexity index is 266. The van der Waals surface area contributed by atoms with Gasteiger partial charge in [0.1, 0.15) is 0 Å². The molecule has 0 bridgehead atoms. The highest BCUT2D eigenvalue weighted by Gasteiger charge is 2.12. The predicted molar refractivity (Wildman–Crippen MR) is 58.3 cm³/mol. The molecule has 1 rings (SSSR count). The van der Waals surface area contributed by atoms with Gasteiger partial charge in [-0.15, -0.1) is 11.3 Å². The standard InChI is InChI=1S/C10H18N2S/c1-5-9-12-10(7(2)3)8(13-9)6-11-4/h7,11H,5-6H2,1-4H3. The van der Waals surface area contributed by atoms with Crippen LogP contribution in [0.2, 0.25) is 0 Å². The molecule has 0 aliphatic rings. The molecule has 0 aromatic carbocycles. The van der Waals surface area contributed by atoms with Crippen molar-refractivity contribution in [2.45, 2.75) is 39.7 Å². The van der Waals surface area contributed by atoms with E-state index in [2.05, 4.69) is 31.1 Å². The minimum atomic E-state index is 0.542. The zero-order valence-electron chi connectivity index (χ0n) is 8.85. The Labute approximate surface area is 84.4 Å². The minimum absolute atomic E-state index is 0.542. The van der Waals surface area contributed by atoms with E-state index in [9.17, 15) is 0 Å². The maximum absolute atomic E-state index is 4.63. The Hall–Kier alpha value is -0.410. The summed E-state index contributed by atoms with van der Waals surface area (Å²) < 4.78 is 0. The van der Waals surface area contributed by atoms with Crippen molar-refractivity contribution in [3.05, 3.63) is 15.6 Å². The summed E-state index contributed by atoms with van der Waals surface area (Å²) in [5.41, 5.74) is 1.27. The molecule has 3 heteroatoms. The Morgan fingerprint density at radius 1 is 1.46 bits per heavy atom. The fourth-order valence-electron chi connectivity index (χ4n) is 1.30. The zero-order chi connectivity index (χ0) is 9.84. The van der Waals surface area contributed by atoms with Crippen molar-refractivity contribution in [1.82, 2.24) is 10.3 Å². The second kappa shape index (κ2) is 4.72. The molecule has 0 fully saturated rings. The van der Waals surface area contributed by atoms with Crippen molar-refractivity contribution in [1.29, 1.82) is 0 Å². The maximum Gasteiger partial charge on any atom is 0.0929 e. The van der Waals surface area contributed by atoms with E-state index in [-0.39, 0.29) is 0 Å². The van der Waals surface area contributed by atoms with E-state index in [0.29, 0.717) is 5.92 Å². The first-order chi connectivity index (χ1) is 6.19. The van der Waals surface area contributed by atoms with Gasteiger partial charge in [-0.1, -0.05) is 20.8 Å². The van der Waals surface area contributed by atoms with Crippen molar-refractivity contribution in [3.8, 4) is 0 Å². The van der Waals surface area contributed by atoms with Gasteiger partial charge >= 0.3 is 0 Å². The van der Waals surface area contributed by atoms with Crippen molar-refractivity contribution in [2.24, 2.45) is 0 Å². The van der Waals surface area contributed by atoms with Crippen molar-refractivity contribution >= 4 is 11.3 Å². The summed E-state index contributed by atoms with van der Waals surface area (Å²) in [6, 6.07) is 0. The minimum Gasteiger partial charge on any atom is -0.315 e. The van der Waals surface area contributed by atoms with Crippen LogP contribution in [0.4, 0.5) is 0 Å². The lowest BCUT2D eigenvalue weighted by Crippen LogP contribution is -2.06. The van der Waals surface area contributed by atoms with Gasteiger partial charge in [0.05, 0.1) is 10.7 Å². The molecular weight excluding hydrogens is 180 g/mol. The van der Waals surface area contributed by atoms with Crippen molar-refractivity contribution < 1.29 is 0 Å². The number of nitrogens with zero attached hydrogens (tertiary/aromatic N) is 1. The van der Waals surface area contributed by atoms with Gasteiger partial charge in [-0.25, -0.2) is 4.98 Å². The van der Waals surface area contributed by atoms with Crippen LogP contribution in [-0.2, 0) is 13.0 Å². The van der Waals surface area contributed by atoms with Crippen LogP contribution < -0.4 is 5.32 Å². The second-order valence-corrected chi connectivity index (χ2v) is 4.62. The number of nitrogens with one attached hydrogen (secondary N) is 1. The number of aromatic nitrogens is 1. The number of thiazole rings is 1. The molecule has 0 aliphatic heterocycles. The topological polar surface area (TPSA) is 24.9 Å². The molecule has 0 radical (unpaired) electrons. The van der Waals surface area contributed by atoms with E-state index in [1.807, 2.05) is 18.4 Å². The molecule has 0 spiro atoms. The Morgan fingerprint density at radius 3 is 2.62 bits per heavy atom. The number of hydrogen-bond acceptors (Lipinski definition) is 3. The van der Waals surface area contributed by atoms with Crippen LogP contribution >= 0.6 is 11.3 Å². The first kappa shape index (κ1) is 10.7. The Balaban J connectivity index is 2.93. The van der Waals surface area contributed by atoms with Gasteiger partial charge in [-0.05, 0) is 19.4 Å². The molecule has 1 heterocycles. The molecule has 74 valence electrons. The SMILES string of the molecule is CCc1nc(C(C)C)c(CNC)s1. The first-order valence-corrected chi connectivity index (χ1v) is 5.63. The van der Waals surface area contributed by atoms with Gasteiger partial charge in [-0.2, -0.15) is 0 Å². The van der Waals surface area contributed by atoms with E-state index >= 15 is 0 Å². The zero-order valence-corrected chi connectivity index (χ0v) is 9.66. The highest BCUT2D eigenvalue weighted by molar-refractivity contribution is 7.11. The summed E-state index contributed by atoms with van der Waals surface area (Å²) >= 11 is 1.84. The summed E-state index contributed by atoms with van der Waals surface area (Å²) in [7, 11) is 1.98. The number of rotatable bonds is 4. The monoisotopic (exact) mass is 198 g/mol. The van der Waals surface area contributed by atoms with Crippen LogP contribution in [0.3, 0.4) is 0 Å². The van der Waals surface area contributed by atoms with Gasteiger partial charge in [0, 0.05) is 11.4 Å². The third-order valence-corrected chi connectivity index (χ3v) is 3.17. The quantitative estimate of drug-likeness (QED) is 0.804. The van der Waals surface area contributed by atoms with Gasteiger partial charge in [-0.3, -0.25) is 0 Å². The van der Waals surface area contributed by atoms with E-state index in [0.717, 1.165) is 13.0 Å². The number of hydrogen-bond donors (Lipinski definition) is 1. The lowest BCUT2D eigenvalue weighted by molar-refractivity contribution is 0.767. The van der Waals surface area contributed by atoms with E-state index in [4.69, 9.17) is 0 Å². The van der Waals surface area contributed by atoms with E-state index in [1.165, 1.54) is 15.6 Å². The lowest BCUT2D eigenvalue weighted by atomic mass is 10.1. The van der Waals surface area contributed by atoms with Crippen LogP contribution in [0.25, 0.3) is 0 Å². The van der Waals surface area contributed by atoms with Gasteiger partial charge in [0.15, 0.2) is 0 Å². The average Bonchev–Trinajstić information content (AvgIpc) is 2.48. The maximum atomic E-state index is 4.63. The average molecular weight is 198 g/mol. The molecule has 1 aromatic heterocycles. The highest BCUT2D eigenvalue weighted by atomic mass is 32.1. The third kappa shape index (κ3) is 2.51. The molecular formula is C10H18N2S. The fourth-order valence-corrected chi connectivity index (χ4v) is 2.48. The van der Waals surface area contributed by atoms with Gasteiger partial charge in [0.25, 0.3) is 0 Å². The second-order valence-electron chi connectivity index (χ2n) is 3.45. The molecule has 13 heavy (non-hydrogen) atoms. The van der Waals surface area contributed by atoms with Crippen molar-refractivity contribution in [3.63, 3.8) is 0 Å². The summed E-state index contributed by atoms with van der Waals surface area (Å²) in [6.07, 6.45) is 1.05. The Kier molecular flexibility index (Phi) is 3.88. The largest absolute Gasteiger partial charge is 0.315 e. The molecule has 0 saturated heterocycles. The molecule has 0 saturated carbocycles. The molecule has 0 atom stereocenters. The molecule has 1 N–H and O–H groups in total. The lowest BCUT2D eigenvalue weighted by Gasteiger charge is -2.03. The molecule has 0 aliphatic carbocycles. The highest BCUT2D eigenvalue weighted by Crippen LogP contribution is 2.25. The van der Waals surface area contributed by atoms with Crippen molar-refractivity contribution in [2.75, 3.05) is 7.05 Å².